The molecule has 10 heteroatoms. The summed E-state index contributed by atoms with van der Waals surface area (Å²) in [5, 5.41) is 22.2. The van der Waals surface area contributed by atoms with Gasteiger partial charge in [0.15, 0.2) is 0 Å². The SMILES string of the molecule is CN/C=C(\C=N)[C@@H]1[C@@H](C(=O)Nc2cccc(C#N)c2)c2ccccc2C(=O)N1CC(F)(F)F. The normalized spacial score (nSPS) is 18.2. The molecule has 3 N–H and O–H groups in total. The van der Waals surface area contributed by atoms with Crippen LogP contribution in [0.4, 0.5) is 18.9 Å². The molecular weight excluding hydrogens is 435 g/mol. The molecule has 170 valence electrons. The number of halogens is 3. The highest BCUT2D eigenvalue weighted by atomic mass is 19.4. The number of amides is 2. The minimum absolute atomic E-state index is 0.0160. The van der Waals surface area contributed by atoms with Crippen LogP contribution in [0.25, 0.3) is 0 Å². The van der Waals surface area contributed by atoms with Gasteiger partial charge in [0.1, 0.15) is 6.54 Å². The van der Waals surface area contributed by atoms with Crippen LogP contribution in [0.5, 0.6) is 0 Å². The maximum atomic E-state index is 13.5. The molecule has 0 fully saturated rings. The predicted molar refractivity (Wildman–Crippen MR) is 116 cm³/mol. The fourth-order valence-electron chi connectivity index (χ4n) is 3.88. The van der Waals surface area contributed by atoms with Crippen molar-refractivity contribution in [2.24, 2.45) is 0 Å². The molecule has 3 rings (SSSR count). The highest BCUT2D eigenvalue weighted by Gasteiger charge is 2.48. The number of nitrogens with one attached hydrogen (secondary N) is 3. The number of hydrogen-bond acceptors (Lipinski definition) is 5. The van der Waals surface area contributed by atoms with E-state index in [2.05, 4.69) is 10.6 Å². The van der Waals surface area contributed by atoms with Gasteiger partial charge in [-0.2, -0.15) is 18.4 Å². The van der Waals surface area contributed by atoms with Gasteiger partial charge in [0.05, 0.1) is 23.6 Å². The highest BCUT2D eigenvalue weighted by molar-refractivity contribution is 6.06. The van der Waals surface area contributed by atoms with E-state index in [0.717, 1.165) is 6.21 Å². The summed E-state index contributed by atoms with van der Waals surface area (Å²) >= 11 is 0. The molecule has 0 aromatic heterocycles. The number of nitriles is 1. The van der Waals surface area contributed by atoms with Crippen molar-refractivity contribution in [1.29, 1.82) is 10.7 Å². The van der Waals surface area contributed by atoms with Crippen molar-refractivity contribution >= 4 is 23.7 Å². The summed E-state index contributed by atoms with van der Waals surface area (Å²) in [5.74, 6) is -2.80. The van der Waals surface area contributed by atoms with Gasteiger partial charge < -0.3 is 20.9 Å². The van der Waals surface area contributed by atoms with Crippen LogP contribution in [-0.4, -0.2) is 48.7 Å². The molecule has 0 saturated carbocycles. The van der Waals surface area contributed by atoms with Crippen LogP contribution < -0.4 is 10.6 Å². The first-order chi connectivity index (χ1) is 15.7. The van der Waals surface area contributed by atoms with Crippen molar-refractivity contribution in [3.8, 4) is 6.07 Å². The Morgan fingerprint density at radius 1 is 1.24 bits per heavy atom. The highest BCUT2D eigenvalue weighted by Crippen LogP contribution is 2.38. The topological polar surface area (TPSA) is 109 Å². The third kappa shape index (κ3) is 5.03. The molecule has 7 nitrogen and oxygen atoms in total. The van der Waals surface area contributed by atoms with Crippen molar-refractivity contribution in [2.45, 2.75) is 18.1 Å². The second kappa shape index (κ2) is 9.56. The zero-order chi connectivity index (χ0) is 24.2. The van der Waals surface area contributed by atoms with E-state index >= 15 is 0 Å². The second-order valence-electron chi connectivity index (χ2n) is 7.32. The molecule has 0 aliphatic carbocycles. The molecular formula is C23H20F3N5O2. The van der Waals surface area contributed by atoms with E-state index in [1.54, 1.807) is 24.3 Å². The van der Waals surface area contributed by atoms with Gasteiger partial charge in [-0.25, -0.2) is 0 Å². The molecule has 1 aliphatic rings. The fourth-order valence-corrected chi connectivity index (χ4v) is 3.88. The summed E-state index contributed by atoms with van der Waals surface area (Å²) in [6.07, 6.45) is -2.61. The molecule has 0 unspecified atom stereocenters. The molecule has 1 heterocycles. The number of carbonyl (C=O) groups is 2. The molecule has 2 amide bonds. The van der Waals surface area contributed by atoms with E-state index in [4.69, 9.17) is 10.7 Å². The number of alkyl halides is 3. The van der Waals surface area contributed by atoms with Crippen molar-refractivity contribution in [2.75, 3.05) is 18.9 Å². The third-order valence-electron chi connectivity index (χ3n) is 5.15. The van der Waals surface area contributed by atoms with E-state index < -0.39 is 36.5 Å². The fraction of sp³-hybridized carbons (Fsp3) is 0.217. The number of benzene rings is 2. The zero-order valence-electron chi connectivity index (χ0n) is 17.5. The van der Waals surface area contributed by atoms with Crippen LogP contribution in [0.2, 0.25) is 0 Å². The Kier molecular flexibility index (Phi) is 6.82. The molecule has 2 aromatic rings. The number of nitrogens with zero attached hydrogens (tertiary/aromatic N) is 2. The zero-order valence-corrected chi connectivity index (χ0v) is 17.5. The number of hydrogen-bond donors (Lipinski definition) is 3. The Morgan fingerprint density at radius 3 is 2.61 bits per heavy atom. The van der Waals surface area contributed by atoms with Crippen molar-refractivity contribution in [3.05, 3.63) is 77.0 Å². The molecule has 2 aromatic carbocycles. The Morgan fingerprint density at radius 2 is 1.97 bits per heavy atom. The number of anilines is 1. The average molecular weight is 455 g/mol. The van der Waals surface area contributed by atoms with E-state index in [-0.39, 0.29) is 28.0 Å². The van der Waals surface area contributed by atoms with Crippen LogP contribution in [0.15, 0.2) is 60.3 Å². The number of rotatable bonds is 6. The Labute approximate surface area is 188 Å². The summed E-state index contributed by atoms with van der Waals surface area (Å²) in [6, 6.07) is 12.6. The van der Waals surface area contributed by atoms with Gasteiger partial charge in [0.2, 0.25) is 5.91 Å². The van der Waals surface area contributed by atoms with Crippen LogP contribution in [0.1, 0.15) is 27.4 Å². The largest absolute Gasteiger partial charge is 0.406 e. The van der Waals surface area contributed by atoms with Gasteiger partial charge in [-0.15, -0.1) is 0 Å². The Balaban J connectivity index is 2.17. The maximum absolute atomic E-state index is 13.5. The average Bonchev–Trinajstić information content (AvgIpc) is 2.78. The summed E-state index contributed by atoms with van der Waals surface area (Å²) in [7, 11) is 1.50. The van der Waals surface area contributed by atoms with Gasteiger partial charge in [-0.3, -0.25) is 9.59 Å². The molecule has 0 spiro atoms. The van der Waals surface area contributed by atoms with Crippen LogP contribution in [-0.2, 0) is 4.79 Å². The summed E-state index contributed by atoms with van der Waals surface area (Å²) < 4.78 is 40.4. The van der Waals surface area contributed by atoms with Crippen molar-refractivity contribution in [1.82, 2.24) is 10.2 Å². The Hall–Kier alpha value is -4.13. The lowest BCUT2D eigenvalue weighted by atomic mass is 9.79. The van der Waals surface area contributed by atoms with Crippen molar-refractivity contribution in [3.63, 3.8) is 0 Å². The molecule has 1 aliphatic heterocycles. The summed E-state index contributed by atoms with van der Waals surface area (Å²) in [4.78, 5) is 27.1. The minimum atomic E-state index is -4.73. The molecule has 0 bridgehead atoms. The molecule has 0 saturated heterocycles. The van der Waals surface area contributed by atoms with E-state index in [1.165, 1.54) is 37.5 Å². The number of fused-ring (bicyclic) bond motifs is 1. The second-order valence-corrected chi connectivity index (χ2v) is 7.32. The Bertz CT molecular complexity index is 1150. The first-order valence-electron chi connectivity index (χ1n) is 9.85. The predicted octanol–water partition coefficient (Wildman–Crippen LogP) is 3.42. The monoisotopic (exact) mass is 455 g/mol. The van der Waals surface area contributed by atoms with Crippen LogP contribution in [0, 0.1) is 16.7 Å². The van der Waals surface area contributed by atoms with Gasteiger partial charge >= 0.3 is 6.18 Å². The molecule has 0 radical (unpaired) electrons. The number of carbonyl (C=O) groups excluding carboxylic acids is 2. The summed E-state index contributed by atoms with van der Waals surface area (Å²) in [5.41, 5.74) is 0.832. The molecule has 2 atom stereocenters. The smallest absolute Gasteiger partial charge is 0.394 e. The van der Waals surface area contributed by atoms with Gasteiger partial charge in [-0.05, 0) is 29.8 Å². The van der Waals surface area contributed by atoms with Gasteiger partial charge in [0, 0.05) is 36.3 Å². The van der Waals surface area contributed by atoms with Gasteiger partial charge in [-0.1, -0.05) is 24.3 Å². The lowest BCUT2D eigenvalue weighted by molar-refractivity contribution is -0.146. The van der Waals surface area contributed by atoms with Crippen LogP contribution in [0.3, 0.4) is 0 Å². The van der Waals surface area contributed by atoms with Crippen LogP contribution >= 0.6 is 0 Å². The minimum Gasteiger partial charge on any atom is -0.394 e. The van der Waals surface area contributed by atoms with E-state index in [0.29, 0.717) is 4.90 Å². The quantitative estimate of drug-likeness (QED) is 0.580. The van der Waals surface area contributed by atoms with E-state index in [9.17, 15) is 22.8 Å². The lowest BCUT2D eigenvalue weighted by Gasteiger charge is -2.42. The van der Waals surface area contributed by atoms with E-state index in [1.807, 2.05) is 6.07 Å². The first kappa shape index (κ1) is 23.5. The standard InChI is InChI=1S/C23H20F3N5O2/c1-29-12-15(11-28)20-19(21(32)30-16-6-4-5-14(9-16)10-27)17-7-2-3-8-18(17)22(33)31(20)13-23(24,25)26/h2-9,11-12,19-20,28-29H,13H2,1H3,(H,30,32)/b15-12+,28-11?/t19-,20+/m0/s1. The van der Waals surface area contributed by atoms with Gasteiger partial charge in [0.25, 0.3) is 5.91 Å². The summed E-state index contributed by atoms with van der Waals surface area (Å²) in [6.45, 7) is -1.59. The lowest BCUT2D eigenvalue weighted by Crippen LogP contribution is -2.55. The first-order valence-corrected chi connectivity index (χ1v) is 9.85. The van der Waals surface area contributed by atoms with Crippen molar-refractivity contribution < 1.29 is 22.8 Å². The molecule has 33 heavy (non-hydrogen) atoms. The third-order valence-corrected chi connectivity index (χ3v) is 5.15. The maximum Gasteiger partial charge on any atom is 0.406 e.